The van der Waals surface area contributed by atoms with Crippen LogP contribution >= 0.6 is 0 Å². The number of furan rings is 1. The molecule has 0 radical (unpaired) electrons. The second-order valence-corrected chi connectivity index (χ2v) is 6.31. The first-order chi connectivity index (χ1) is 12.9. The Hall–Kier alpha value is -3.42. The first kappa shape index (κ1) is 18.4. The Bertz CT molecular complexity index is 890. The molecule has 1 aromatic carbocycles. The molecule has 2 heterocycles. The van der Waals surface area contributed by atoms with E-state index in [0.29, 0.717) is 16.2 Å². The summed E-state index contributed by atoms with van der Waals surface area (Å²) in [7, 11) is 1.54. The molecule has 2 aromatic rings. The molecular weight excluding hydrogens is 350 g/mol. The molecule has 3 rings (SSSR count). The maximum absolute atomic E-state index is 12.5. The third kappa shape index (κ3) is 3.89. The van der Waals surface area contributed by atoms with Gasteiger partial charge in [-0.2, -0.15) is 0 Å². The lowest BCUT2D eigenvalue weighted by atomic mass is 10.2. The lowest BCUT2D eigenvalue weighted by Crippen LogP contribution is -2.41. The van der Waals surface area contributed by atoms with Gasteiger partial charge in [0.25, 0.3) is 0 Å². The summed E-state index contributed by atoms with van der Waals surface area (Å²) in [5.41, 5.74) is 0.713. The highest BCUT2D eigenvalue weighted by Crippen LogP contribution is 2.16. The first-order valence-corrected chi connectivity index (χ1v) is 8.37. The lowest BCUT2D eigenvalue weighted by molar-refractivity contribution is -0.145. The summed E-state index contributed by atoms with van der Waals surface area (Å²) in [6.07, 6.45) is 0. The van der Waals surface area contributed by atoms with Crippen LogP contribution in [0.25, 0.3) is 0 Å². The minimum atomic E-state index is -0.994. The molecular formula is C19H19N3O5. The van der Waals surface area contributed by atoms with Crippen LogP contribution in [-0.2, 0) is 27.5 Å². The number of urea groups is 1. The Morgan fingerprint density at radius 1 is 1.00 bits per heavy atom. The van der Waals surface area contributed by atoms with Crippen LogP contribution in [-0.4, -0.2) is 52.0 Å². The van der Waals surface area contributed by atoms with E-state index in [1.54, 1.807) is 43.3 Å². The monoisotopic (exact) mass is 369 g/mol. The van der Waals surface area contributed by atoms with Crippen LogP contribution in [0.3, 0.4) is 0 Å². The summed E-state index contributed by atoms with van der Waals surface area (Å²) in [5.74, 6) is -1.09. The van der Waals surface area contributed by atoms with E-state index < -0.39 is 30.3 Å². The smallest absolute Gasteiger partial charge is 0.335 e. The highest BCUT2D eigenvalue weighted by atomic mass is 16.3. The van der Waals surface area contributed by atoms with Crippen LogP contribution in [0.4, 0.5) is 4.79 Å². The fourth-order valence-corrected chi connectivity index (χ4v) is 2.74. The van der Waals surface area contributed by atoms with Gasteiger partial charge in [-0.1, -0.05) is 30.3 Å². The molecule has 8 heteroatoms. The zero-order valence-electron chi connectivity index (χ0n) is 15.0. The van der Waals surface area contributed by atoms with Gasteiger partial charge in [0, 0.05) is 7.05 Å². The van der Waals surface area contributed by atoms with E-state index >= 15 is 0 Å². The Morgan fingerprint density at radius 2 is 1.67 bits per heavy atom. The van der Waals surface area contributed by atoms with Gasteiger partial charge in [0.15, 0.2) is 0 Å². The van der Waals surface area contributed by atoms with Crippen LogP contribution in [0.5, 0.6) is 0 Å². The third-order valence-electron chi connectivity index (χ3n) is 4.23. The van der Waals surface area contributed by atoms with Gasteiger partial charge in [-0.05, 0) is 24.6 Å². The zero-order chi connectivity index (χ0) is 19.6. The molecule has 0 saturated carbocycles. The SMILES string of the molecule is Cc1ccc(CN(C)C(=O)CN2C(=O)C(=O)N(Cc3ccccc3)C2=O)o1. The van der Waals surface area contributed by atoms with Crippen molar-refractivity contribution in [2.24, 2.45) is 0 Å². The number of imide groups is 2. The van der Waals surface area contributed by atoms with E-state index in [9.17, 15) is 19.2 Å². The van der Waals surface area contributed by atoms with Crippen molar-refractivity contribution in [3.8, 4) is 0 Å². The van der Waals surface area contributed by atoms with Crippen LogP contribution < -0.4 is 0 Å². The van der Waals surface area contributed by atoms with E-state index in [4.69, 9.17) is 4.42 Å². The molecule has 1 fully saturated rings. The van der Waals surface area contributed by atoms with Gasteiger partial charge in [-0.25, -0.2) is 9.69 Å². The molecule has 1 aliphatic heterocycles. The fourth-order valence-electron chi connectivity index (χ4n) is 2.74. The number of likely N-dealkylation sites (N-methyl/N-ethyl adjacent to an activating group) is 1. The van der Waals surface area contributed by atoms with Crippen molar-refractivity contribution < 1.29 is 23.6 Å². The molecule has 5 amide bonds. The Balaban J connectivity index is 1.65. The highest BCUT2D eigenvalue weighted by Gasteiger charge is 2.45. The number of rotatable bonds is 6. The van der Waals surface area contributed by atoms with Gasteiger partial charge in [0.05, 0.1) is 13.1 Å². The van der Waals surface area contributed by atoms with Crippen molar-refractivity contribution in [3.05, 3.63) is 59.5 Å². The number of carbonyl (C=O) groups excluding carboxylic acids is 4. The number of amides is 5. The van der Waals surface area contributed by atoms with Gasteiger partial charge in [0.2, 0.25) is 5.91 Å². The van der Waals surface area contributed by atoms with Crippen molar-refractivity contribution in [2.75, 3.05) is 13.6 Å². The second kappa shape index (κ2) is 7.45. The molecule has 0 unspecified atom stereocenters. The molecule has 1 aliphatic rings. The maximum atomic E-state index is 12.5. The fraction of sp³-hybridized carbons (Fsp3) is 0.263. The average molecular weight is 369 g/mol. The molecule has 0 atom stereocenters. The van der Waals surface area contributed by atoms with E-state index in [2.05, 4.69) is 0 Å². The van der Waals surface area contributed by atoms with Crippen LogP contribution in [0.15, 0.2) is 46.9 Å². The third-order valence-corrected chi connectivity index (χ3v) is 4.23. The minimum absolute atomic E-state index is 0.0174. The minimum Gasteiger partial charge on any atom is -0.464 e. The van der Waals surface area contributed by atoms with E-state index in [1.165, 1.54) is 11.9 Å². The van der Waals surface area contributed by atoms with Gasteiger partial charge >= 0.3 is 17.8 Å². The number of hydrogen-bond donors (Lipinski definition) is 0. The average Bonchev–Trinajstić information content (AvgIpc) is 3.14. The molecule has 8 nitrogen and oxygen atoms in total. The van der Waals surface area contributed by atoms with Crippen LogP contribution in [0.1, 0.15) is 17.1 Å². The van der Waals surface area contributed by atoms with E-state index in [0.717, 1.165) is 10.7 Å². The summed E-state index contributed by atoms with van der Waals surface area (Å²) >= 11 is 0. The first-order valence-electron chi connectivity index (χ1n) is 8.37. The second-order valence-electron chi connectivity index (χ2n) is 6.31. The van der Waals surface area contributed by atoms with Crippen molar-refractivity contribution in [1.29, 1.82) is 0 Å². The van der Waals surface area contributed by atoms with Crippen LogP contribution in [0, 0.1) is 6.92 Å². The molecule has 27 heavy (non-hydrogen) atoms. The number of aryl methyl sites for hydroxylation is 1. The highest BCUT2D eigenvalue weighted by molar-refractivity contribution is 6.44. The van der Waals surface area contributed by atoms with Gasteiger partial charge in [0.1, 0.15) is 18.1 Å². The quantitative estimate of drug-likeness (QED) is 0.569. The van der Waals surface area contributed by atoms with Crippen molar-refractivity contribution in [2.45, 2.75) is 20.0 Å². The summed E-state index contributed by atoms with van der Waals surface area (Å²) < 4.78 is 5.41. The predicted molar refractivity (Wildman–Crippen MR) is 94.0 cm³/mol. The Morgan fingerprint density at radius 3 is 2.30 bits per heavy atom. The molecule has 140 valence electrons. The van der Waals surface area contributed by atoms with E-state index in [1.807, 2.05) is 6.07 Å². The van der Waals surface area contributed by atoms with Gasteiger partial charge in [-0.15, -0.1) is 0 Å². The van der Waals surface area contributed by atoms with Gasteiger partial charge < -0.3 is 9.32 Å². The topological polar surface area (TPSA) is 91.1 Å². The molecule has 0 aliphatic carbocycles. The standard InChI is InChI=1S/C19H19N3O5/c1-13-8-9-15(27-13)11-20(2)16(23)12-22-18(25)17(24)21(19(22)26)10-14-6-4-3-5-7-14/h3-9H,10-12H2,1-2H3. The largest absolute Gasteiger partial charge is 0.464 e. The van der Waals surface area contributed by atoms with Crippen molar-refractivity contribution in [1.82, 2.24) is 14.7 Å². The lowest BCUT2D eigenvalue weighted by Gasteiger charge is -2.19. The van der Waals surface area contributed by atoms with Crippen molar-refractivity contribution in [3.63, 3.8) is 0 Å². The number of carbonyl (C=O) groups is 4. The maximum Gasteiger partial charge on any atom is 0.335 e. The summed E-state index contributed by atoms with van der Waals surface area (Å²) in [4.78, 5) is 52.0. The number of nitrogens with zero attached hydrogens (tertiary/aromatic N) is 3. The zero-order valence-corrected chi connectivity index (χ0v) is 15.0. The van der Waals surface area contributed by atoms with Crippen LogP contribution in [0.2, 0.25) is 0 Å². The van der Waals surface area contributed by atoms with Gasteiger partial charge in [-0.3, -0.25) is 19.3 Å². The van der Waals surface area contributed by atoms with Crippen molar-refractivity contribution >= 4 is 23.8 Å². The predicted octanol–water partition coefficient (Wildman–Crippen LogP) is 1.54. The summed E-state index contributed by atoms with van der Waals surface area (Å²) in [5, 5.41) is 0. The Labute approximate surface area is 155 Å². The van der Waals surface area contributed by atoms with E-state index in [-0.39, 0.29) is 13.1 Å². The Kier molecular flexibility index (Phi) is 5.07. The molecule has 0 bridgehead atoms. The molecule has 0 N–H and O–H groups in total. The summed E-state index contributed by atoms with van der Waals surface area (Å²) in [6.45, 7) is 1.48. The molecule has 0 spiro atoms. The number of hydrogen-bond acceptors (Lipinski definition) is 5. The normalized spacial score (nSPS) is 14.2. The number of benzene rings is 1. The molecule has 1 saturated heterocycles. The molecule has 1 aromatic heterocycles. The summed E-state index contributed by atoms with van der Waals surface area (Å²) in [6, 6.07) is 11.6.